The number of likely N-dealkylation sites (N-methyl/N-ethyl adjacent to an activating group) is 1. The normalized spacial score (nSPS) is 18.9. The lowest BCUT2D eigenvalue weighted by atomic mass is 9.71. The zero-order valence-electron chi connectivity index (χ0n) is 21.1. The van der Waals surface area contributed by atoms with Gasteiger partial charge >= 0.3 is 0 Å². The number of rotatable bonds is 11. The number of thiocarbonyl (C=S) groups is 1. The number of aliphatic hydroxyl groups excluding tert-OH is 1. The standard InChI is InChI=1S/C27H38N4O3S/c1-26(2,3)30-17-22(32)19-33-23-12-10-20(11-13-23)18-34-31-24-9-5-6-14-27(24,25(35)28-4)21-8-7-15-29-16-21/h7-13,15-16,22,30-32H,5-6,14,17-19H2,1-4H3,(H,28,35). The smallest absolute Gasteiger partial charge is 0.119 e. The molecule has 3 rings (SSSR count). The maximum absolute atomic E-state index is 10.1. The third kappa shape index (κ3) is 7.48. The summed E-state index contributed by atoms with van der Waals surface area (Å²) in [4.78, 5) is 11.0. The molecule has 1 aliphatic carbocycles. The van der Waals surface area contributed by atoms with Gasteiger partial charge in [-0.25, -0.2) is 0 Å². The predicted octanol–water partition coefficient (Wildman–Crippen LogP) is 3.78. The van der Waals surface area contributed by atoms with Crippen LogP contribution >= 0.6 is 12.2 Å². The van der Waals surface area contributed by atoms with E-state index < -0.39 is 11.5 Å². The first-order chi connectivity index (χ1) is 16.7. The molecule has 0 amide bonds. The molecule has 1 aliphatic rings. The molecule has 8 heteroatoms. The van der Waals surface area contributed by atoms with Crippen LogP contribution in [0, 0.1) is 0 Å². The molecule has 0 fully saturated rings. The van der Waals surface area contributed by atoms with E-state index in [9.17, 15) is 5.11 Å². The lowest BCUT2D eigenvalue weighted by molar-refractivity contribution is 0.0409. The Bertz CT molecular complexity index is 976. The molecule has 35 heavy (non-hydrogen) atoms. The van der Waals surface area contributed by atoms with Crippen molar-refractivity contribution < 1.29 is 14.7 Å². The molecule has 2 aromatic rings. The zero-order chi connectivity index (χ0) is 25.3. The summed E-state index contributed by atoms with van der Waals surface area (Å²) in [5.74, 6) is 0.710. The molecule has 0 bridgehead atoms. The number of aliphatic hydroxyl groups is 1. The lowest BCUT2D eigenvalue weighted by Gasteiger charge is -2.39. The molecule has 4 N–H and O–H groups in total. The second-order valence-electron chi connectivity index (χ2n) is 9.87. The summed E-state index contributed by atoms with van der Waals surface area (Å²) in [6.07, 6.45) is 8.11. The summed E-state index contributed by atoms with van der Waals surface area (Å²) < 4.78 is 5.72. The number of nitrogens with one attached hydrogen (secondary N) is 3. The van der Waals surface area contributed by atoms with E-state index in [1.165, 1.54) is 0 Å². The van der Waals surface area contributed by atoms with Crippen molar-refractivity contribution in [2.45, 2.75) is 63.7 Å². The second kappa shape index (κ2) is 12.4. The van der Waals surface area contributed by atoms with Crippen LogP contribution in [0.1, 0.15) is 51.2 Å². The monoisotopic (exact) mass is 498 g/mol. The maximum atomic E-state index is 10.1. The molecule has 190 valence electrons. The largest absolute Gasteiger partial charge is 0.491 e. The first kappa shape index (κ1) is 27.1. The van der Waals surface area contributed by atoms with Crippen LogP contribution in [0.5, 0.6) is 5.75 Å². The molecule has 1 aromatic carbocycles. The van der Waals surface area contributed by atoms with Crippen LogP contribution in [0.3, 0.4) is 0 Å². The fourth-order valence-corrected chi connectivity index (χ4v) is 4.43. The third-order valence-corrected chi connectivity index (χ3v) is 6.54. The number of hydrogen-bond donors (Lipinski definition) is 4. The summed E-state index contributed by atoms with van der Waals surface area (Å²) >= 11 is 5.77. The molecular weight excluding hydrogens is 460 g/mol. The van der Waals surface area contributed by atoms with Crippen LogP contribution in [0.15, 0.2) is 60.6 Å². The fourth-order valence-electron chi connectivity index (χ4n) is 4.10. The van der Waals surface area contributed by atoms with Crippen molar-refractivity contribution >= 4 is 17.2 Å². The van der Waals surface area contributed by atoms with Crippen LogP contribution in [0.2, 0.25) is 0 Å². The van der Waals surface area contributed by atoms with E-state index in [-0.39, 0.29) is 12.1 Å². The van der Waals surface area contributed by atoms with E-state index >= 15 is 0 Å². The SMILES string of the molecule is CNC(=S)C1(c2cccnc2)CCCC=C1NOCc1ccc(OCC(O)CNC(C)(C)C)cc1. The van der Waals surface area contributed by atoms with Crippen molar-refractivity contribution in [2.24, 2.45) is 0 Å². The first-order valence-corrected chi connectivity index (χ1v) is 12.5. The van der Waals surface area contributed by atoms with E-state index in [1.54, 1.807) is 6.20 Å². The van der Waals surface area contributed by atoms with E-state index in [4.69, 9.17) is 21.8 Å². The molecule has 7 nitrogen and oxygen atoms in total. The van der Waals surface area contributed by atoms with E-state index in [0.29, 0.717) is 18.9 Å². The molecule has 1 aromatic heterocycles. The summed E-state index contributed by atoms with van der Waals surface area (Å²) in [5, 5.41) is 16.6. The minimum absolute atomic E-state index is 0.0417. The van der Waals surface area contributed by atoms with Gasteiger partial charge in [-0.05, 0) is 69.4 Å². The van der Waals surface area contributed by atoms with Crippen molar-refractivity contribution in [1.29, 1.82) is 0 Å². The van der Waals surface area contributed by atoms with Crippen LogP contribution < -0.4 is 20.9 Å². The van der Waals surface area contributed by atoms with Gasteiger partial charge in [-0.15, -0.1) is 0 Å². The Hall–Kier alpha value is -2.52. The number of aromatic nitrogens is 1. The van der Waals surface area contributed by atoms with Crippen LogP contribution in [-0.4, -0.2) is 46.9 Å². The van der Waals surface area contributed by atoms with E-state index in [2.05, 4.69) is 54.0 Å². The minimum atomic E-state index is -0.575. The Balaban J connectivity index is 1.56. The summed E-state index contributed by atoms with van der Waals surface area (Å²) in [6, 6.07) is 11.7. The quantitative estimate of drug-likeness (QED) is 0.275. The number of allylic oxidation sites excluding steroid dienone is 1. The minimum Gasteiger partial charge on any atom is -0.491 e. The highest BCUT2D eigenvalue weighted by molar-refractivity contribution is 7.80. The van der Waals surface area contributed by atoms with Crippen molar-refractivity contribution in [3.8, 4) is 5.75 Å². The van der Waals surface area contributed by atoms with Gasteiger partial charge in [0.05, 0.1) is 22.7 Å². The third-order valence-electron chi connectivity index (χ3n) is 5.99. The van der Waals surface area contributed by atoms with E-state index in [0.717, 1.165) is 41.1 Å². The van der Waals surface area contributed by atoms with E-state index in [1.807, 2.05) is 43.6 Å². The lowest BCUT2D eigenvalue weighted by Crippen LogP contribution is -2.48. The Morgan fingerprint density at radius 1 is 1.23 bits per heavy atom. The molecule has 0 saturated heterocycles. The van der Waals surface area contributed by atoms with Gasteiger partial charge in [-0.1, -0.05) is 36.5 Å². The van der Waals surface area contributed by atoms with Crippen molar-refractivity contribution in [3.05, 3.63) is 71.7 Å². The second-order valence-corrected chi connectivity index (χ2v) is 10.3. The van der Waals surface area contributed by atoms with Crippen molar-refractivity contribution in [1.82, 2.24) is 21.1 Å². The Morgan fingerprint density at radius 3 is 2.66 bits per heavy atom. The molecule has 0 aliphatic heterocycles. The van der Waals surface area contributed by atoms with Gasteiger partial charge < -0.3 is 20.5 Å². The van der Waals surface area contributed by atoms with Gasteiger partial charge in [-0.2, -0.15) is 0 Å². The highest BCUT2D eigenvalue weighted by Crippen LogP contribution is 2.40. The van der Waals surface area contributed by atoms with Gasteiger partial charge in [0.2, 0.25) is 0 Å². The predicted molar refractivity (Wildman–Crippen MR) is 143 cm³/mol. The van der Waals surface area contributed by atoms with Gasteiger partial charge in [0, 0.05) is 31.5 Å². The average Bonchev–Trinajstić information content (AvgIpc) is 2.87. The number of hydroxylamine groups is 1. The molecule has 0 spiro atoms. The molecule has 1 heterocycles. The maximum Gasteiger partial charge on any atom is 0.119 e. The number of benzene rings is 1. The number of ether oxygens (including phenoxy) is 1. The summed E-state index contributed by atoms with van der Waals surface area (Å²) in [7, 11) is 1.86. The van der Waals surface area contributed by atoms with Crippen LogP contribution in [-0.2, 0) is 16.9 Å². The molecular formula is C27H38N4O3S. The highest BCUT2D eigenvalue weighted by atomic mass is 32.1. The highest BCUT2D eigenvalue weighted by Gasteiger charge is 2.42. The Kier molecular flexibility index (Phi) is 9.63. The van der Waals surface area contributed by atoms with Crippen LogP contribution in [0.25, 0.3) is 0 Å². The topological polar surface area (TPSA) is 87.7 Å². The number of β-amino-alcohol motifs (C(OH)–C–C–N with tert-alkyl or cyclic N) is 1. The van der Waals surface area contributed by atoms with Crippen molar-refractivity contribution in [2.75, 3.05) is 20.2 Å². The molecule has 0 radical (unpaired) electrons. The average molecular weight is 499 g/mol. The Morgan fingerprint density at radius 2 is 2.00 bits per heavy atom. The summed E-state index contributed by atoms with van der Waals surface area (Å²) in [6.45, 7) is 7.29. The van der Waals surface area contributed by atoms with Gasteiger partial charge in [-0.3, -0.25) is 15.3 Å². The van der Waals surface area contributed by atoms with Gasteiger partial charge in [0.15, 0.2) is 0 Å². The number of nitrogens with zero attached hydrogens (tertiary/aromatic N) is 1. The molecule has 2 atom stereocenters. The summed E-state index contributed by atoms with van der Waals surface area (Å²) in [5.41, 5.74) is 5.64. The zero-order valence-corrected chi connectivity index (χ0v) is 22.0. The fraction of sp³-hybridized carbons (Fsp3) is 0.481. The number of pyridine rings is 1. The molecule has 0 saturated carbocycles. The Labute approximate surface area is 214 Å². The van der Waals surface area contributed by atoms with Crippen molar-refractivity contribution in [3.63, 3.8) is 0 Å². The van der Waals surface area contributed by atoms with Gasteiger partial charge in [0.25, 0.3) is 0 Å². The van der Waals surface area contributed by atoms with Gasteiger partial charge in [0.1, 0.15) is 18.5 Å². The number of hydrogen-bond acceptors (Lipinski definition) is 7. The van der Waals surface area contributed by atoms with Crippen LogP contribution in [0.4, 0.5) is 0 Å². The first-order valence-electron chi connectivity index (χ1n) is 12.1. The molecule has 2 unspecified atom stereocenters.